The Hall–Kier alpha value is -3.30. The summed E-state index contributed by atoms with van der Waals surface area (Å²) in [5, 5.41) is 11.5. The minimum absolute atomic E-state index is 0.165. The number of carbonyl (C=O) groups excluding carboxylic acids is 2. The zero-order valence-corrected chi connectivity index (χ0v) is 12.3. The highest BCUT2D eigenvalue weighted by molar-refractivity contribution is 6.30. The molecule has 0 aliphatic carbocycles. The Morgan fingerprint density at radius 3 is 2.65 bits per heavy atom. The number of benzene rings is 1. The van der Waals surface area contributed by atoms with Crippen LogP contribution >= 0.6 is 0 Å². The lowest BCUT2D eigenvalue weighted by atomic mass is 10.2. The third kappa shape index (κ3) is 3.68. The lowest BCUT2D eigenvalue weighted by Crippen LogP contribution is -2.51. The first-order valence-electron chi connectivity index (χ1n) is 6.47. The van der Waals surface area contributed by atoms with E-state index in [0.717, 1.165) is 0 Å². The van der Waals surface area contributed by atoms with Crippen molar-refractivity contribution < 1.29 is 40.7 Å². The van der Waals surface area contributed by atoms with Crippen LogP contribution in [0.15, 0.2) is 17.2 Å². The molecule has 0 atom stereocenters. The number of hydrogen-bond donors (Lipinski definition) is 1. The van der Waals surface area contributed by atoms with Gasteiger partial charge in [0.2, 0.25) is 0 Å². The monoisotopic (exact) mass is 380 g/mol. The van der Waals surface area contributed by atoms with E-state index in [0.29, 0.717) is 17.0 Å². The van der Waals surface area contributed by atoms with Crippen molar-refractivity contribution >= 4 is 29.3 Å². The van der Waals surface area contributed by atoms with E-state index in [1.807, 2.05) is 0 Å². The number of halogens is 6. The van der Waals surface area contributed by atoms with Crippen LogP contribution in [0.4, 0.5) is 37.7 Å². The van der Waals surface area contributed by atoms with Crippen LogP contribution in [0.5, 0.6) is 5.75 Å². The second kappa shape index (κ2) is 6.54. The molecule has 2 rings (SSSR count). The fourth-order valence-electron chi connectivity index (χ4n) is 1.83. The van der Waals surface area contributed by atoms with E-state index in [4.69, 9.17) is 5.26 Å². The number of fused-ring (bicyclic) bond motifs is 1. The van der Waals surface area contributed by atoms with Gasteiger partial charge in [-0.2, -0.15) is 32.3 Å². The van der Waals surface area contributed by atoms with Gasteiger partial charge in [0, 0.05) is 6.07 Å². The van der Waals surface area contributed by atoms with Crippen LogP contribution in [-0.4, -0.2) is 36.7 Å². The maximum atomic E-state index is 13.9. The molecule has 1 aromatic rings. The number of amides is 1. The van der Waals surface area contributed by atoms with Crippen molar-refractivity contribution in [2.75, 3.05) is 16.9 Å². The van der Waals surface area contributed by atoms with E-state index >= 15 is 0 Å². The number of nitrogens with one attached hydrogen (secondary N) is 1. The van der Waals surface area contributed by atoms with E-state index < -0.39 is 53.5 Å². The molecular weight excluding hydrogens is 374 g/mol. The Bertz CT molecular complexity index is 830. The highest BCUT2D eigenvalue weighted by Crippen LogP contribution is 2.41. The number of rotatable bonds is 4. The predicted molar refractivity (Wildman–Crippen MR) is 73.1 cm³/mol. The van der Waals surface area contributed by atoms with E-state index in [1.54, 1.807) is 5.43 Å². The van der Waals surface area contributed by atoms with E-state index in [1.165, 1.54) is 6.07 Å². The summed E-state index contributed by atoms with van der Waals surface area (Å²) in [5.74, 6) is -6.27. The zero-order valence-electron chi connectivity index (χ0n) is 12.3. The van der Waals surface area contributed by atoms with Crippen LogP contribution in [-0.2, 0) is 9.59 Å². The standard InChI is InChI=1S/C13H6F6N4O3/c14-6-3-9-8(23(2-1-20)11(25)13(18,19)26-9)4-7(6)22-21-5-10(24)12(15,16)17/h3-5,22H,2H2/b21-5+. The van der Waals surface area contributed by atoms with E-state index in [2.05, 4.69) is 9.84 Å². The maximum Gasteiger partial charge on any atom is 0.483 e. The molecule has 0 radical (unpaired) electrons. The topological polar surface area (TPSA) is 94.8 Å². The molecule has 0 unspecified atom stereocenters. The lowest BCUT2D eigenvalue weighted by Gasteiger charge is -2.32. The number of hydrazone groups is 1. The van der Waals surface area contributed by atoms with Crippen LogP contribution in [0.2, 0.25) is 0 Å². The molecule has 0 aromatic heterocycles. The summed E-state index contributed by atoms with van der Waals surface area (Å²) in [6.45, 7) is -0.828. The van der Waals surface area contributed by atoms with Crippen molar-refractivity contribution in [3.8, 4) is 11.8 Å². The number of ketones is 1. The first-order chi connectivity index (χ1) is 12.0. The van der Waals surface area contributed by atoms with Crippen molar-refractivity contribution in [1.82, 2.24) is 0 Å². The smallest absolute Gasteiger partial charge is 0.423 e. The van der Waals surface area contributed by atoms with Crippen molar-refractivity contribution in [3.05, 3.63) is 17.9 Å². The van der Waals surface area contributed by atoms with Crippen molar-refractivity contribution in [2.24, 2.45) is 5.10 Å². The number of alkyl halides is 5. The molecule has 1 aliphatic rings. The molecule has 1 amide bonds. The second-order valence-corrected chi connectivity index (χ2v) is 4.70. The van der Waals surface area contributed by atoms with Crippen molar-refractivity contribution in [2.45, 2.75) is 12.3 Å². The quantitative estimate of drug-likeness (QED) is 0.374. The Morgan fingerprint density at radius 2 is 2.08 bits per heavy atom. The Balaban J connectivity index is 2.36. The number of anilines is 2. The number of nitrogens with zero attached hydrogens (tertiary/aromatic N) is 3. The van der Waals surface area contributed by atoms with Crippen LogP contribution in [0.25, 0.3) is 0 Å². The fraction of sp³-hybridized carbons (Fsp3) is 0.231. The van der Waals surface area contributed by atoms with Gasteiger partial charge >= 0.3 is 18.2 Å². The summed E-state index contributed by atoms with van der Waals surface area (Å²) >= 11 is 0. The van der Waals surface area contributed by atoms with Crippen LogP contribution in [0, 0.1) is 17.1 Å². The zero-order chi connectivity index (χ0) is 19.7. The maximum absolute atomic E-state index is 13.9. The molecule has 138 valence electrons. The van der Waals surface area contributed by atoms with Crippen molar-refractivity contribution in [1.29, 1.82) is 5.26 Å². The Kier molecular flexibility index (Phi) is 4.79. The number of nitriles is 1. The summed E-state index contributed by atoms with van der Waals surface area (Å²) in [6.07, 6.45) is -9.68. The van der Waals surface area contributed by atoms with Crippen LogP contribution in [0.1, 0.15) is 0 Å². The van der Waals surface area contributed by atoms with E-state index in [-0.39, 0.29) is 6.21 Å². The predicted octanol–water partition coefficient (Wildman–Crippen LogP) is 2.20. The Labute approximate surface area is 140 Å². The summed E-state index contributed by atoms with van der Waals surface area (Å²) in [5.41, 5.74) is 0.680. The number of carbonyl (C=O) groups is 2. The molecule has 13 heteroatoms. The number of ether oxygens (including phenoxy) is 1. The molecular formula is C13H6F6N4O3. The van der Waals surface area contributed by atoms with E-state index in [9.17, 15) is 35.9 Å². The molecule has 0 spiro atoms. The van der Waals surface area contributed by atoms with Gasteiger partial charge in [0.05, 0.1) is 23.7 Å². The average molecular weight is 380 g/mol. The Morgan fingerprint density at radius 1 is 1.42 bits per heavy atom. The molecule has 1 aliphatic heterocycles. The molecule has 26 heavy (non-hydrogen) atoms. The molecule has 1 heterocycles. The molecule has 0 fully saturated rings. The highest BCUT2D eigenvalue weighted by Gasteiger charge is 2.50. The summed E-state index contributed by atoms with van der Waals surface area (Å²) in [6, 6.07) is 2.59. The lowest BCUT2D eigenvalue weighted by molar-refractivity contribution is -0.192. The molecule has 7 nitrogen and oxygen atoms in total. The first kappa shape index (κ1) is 19.0. The summed E-state index contributed by atoms with van der Waals surface area (Å²) < 4.78 is 80.9. The largest absolute Gasteiger partial charge is 0.483 e. The first-order valence-corrected chi connectivity index (χ1v) is 6.47. The summed E-state index contributed by atoms with van der Waals surface area (Å²) in [4.78, 5) is 22.5. The van der Waals surface area contributed by atoms with Crippen LogP contribution < -0.4 is 15.1 Å². The SMILES string of the molecule is N#CCN1C(=O)C(F)(F)Oc2cc(F)c(N/N=C/C(=O)C(F)(F)F)cc21. The highest BCUT2D eigenvalue weighted by atomic mass is 19.4. The van der Waals surface area contributed by atoms with Crippen LogP contribution in [0.3, 0.4) is 0 Å². The molecule has 0 saturated heterocycles. The number of Topliss-reactive ketones (excluding diaryl/α,β-unsaturated/α-hetero) is 1. The second-order valence-electron chi connectivity index (χ2n) is 4.70. The number of hydrogen-bond acceptors (Lipinski definition) is 6. The molecule has 1 N–H and O–H groups in total. The van der Waals surface area contributed by atoms with Gasteiger partial charge in [-0.25, -0.2) is 4.39 Å². The normalized spacial score (nSPS) is 16.0. The third-order valence-electron chi connectivity index (χ3n) is 2.95. The minimum atomic E-state index is -5.19. The van der Waals surface area contributed by atoms with Gasteiger partial charge in [-0.15, -0.1) is 0 Å². The van der Waals surface area contributed by atoms with Crippen molar-refractivity contribution in [3.63, 3.8) is 0 Å². The fourth-order valence-corrected chi connectivity index (χ4v) is 1.83. The van der Waals surface area contributed by atoms with Gasteiger partial charge in [0.25, 0.3) is 5.78 Å². The third-order valence-corrected chi connectivity index (χ3v) is 2.95. The van der Waals surface area contributed by atoms with Gasteiger partial charge in [0.1, 0.15) is 6.54 Å². The van der Waals surface area contributed by atoms with Gasteiger partial charge in [-0.05, 0) is 6.07 Å². The molecule has 1 aromatic carbocycles. The summed E-state index contributed by atoms with van der Waals surface area (Å²) in [7, 11) is 0. The minimum Gasteiger partial charge on any atom is -0.423 e. The molecule has 0 bridgehead atoms. The molecule has 0 saturated carbocycles. The van der Waals surface area contributed by atoms with Gasteiger partial charge in [-0.1, -0.05) is 0 Å². The van der Waals surface area contributed by atoms with Gasteiger partial charge in [0.15, 0.2) is 11.6 Å². The van der Waals surface area contributed by atoms with Gasteiger partial charge < -0.3 is 4.74 Å². The van der Waals surface area contributed by atoms with Gasteiger partial charge in [-0.3, -0.25) is 19.9 Å². The average Bonchev–Trinajstić information content (AvgIpc) is 2.51.